The number of aromatic nitrogens is 2. The van der Waals surface area contributed by atoms with Gasteiger partial charge >= 0.3 is 0 Å². The van der Waals surface area contributed by atoms with Crippen LogP contribution in [0, 0.1) is 0 Å². The van der Waals surface area contributed by atoms with Crippen molar-refractivity contribution in [2.45, 2.75) is 6.42 Å². The lowest BCUT2D eigenvalue weighted by Crippen LogP contribution is -1.88. The number of benzene rings is 2. The fraction of sp³-hybridized carbons (Fsp3) is 0.0667. The van der Waals surface area contributed by atoms with Gasteiger partial charge in [-0.1, -0.05) is 17.3 Å². The SMILES string of the molecule is Oc1ccc(Cc2nc(-c3ccc(O)cc3)no2)cc1. The summed E-state index contributed by atoms with van der Waals surface area (Å²) >= 11 is 0. The van der Waals surface area contributed by atoms with Crippen molar-refractivity contribution < 1.29 is 14.7 Å². The quantitative estimate of drug-likeness (QED) is 0.763. The Hall–Kier alpha value is -2.82. The van der Waals surface area contributed by atoms with Gasteiger partial charge in [0.25, 0.3) is 0 Å². The van der Waals surface area contributed by atoms with E-state index in [1.807, 2.05) is 0 Å². The Morgan fingerprint density at radius 2 is 1.45 bits per heavy atom. The molecule has 0 saturated carbocycles. The lowest BCUT2D eigenvalue weighted by molar-refractivity contribution is 0.385. The summed E-state index contributed by atoms with van der Waals surface area (Å²) in [7, 11) is 0. The maximum atomic E-state index is 9.24. The molecule has 0 aliphatic carbocycles. The summed E-state index contributed by atoms with van der Waals surface area (Å²) in [4.78, 5) is 4.31. The highest BCUT2D eigenvalue weighted by molar-refractivity contribution is 5.55. The highest BCUT2D eigenvalue weighted by Crippen LogP contribution is 2.20. The van der Waals surface area contributed by atoms with Crippen LogP contribution in [0.1, 0.15) is 11.5 Å². The molecule has 1 heterocycles. The van der Waals surface area contributed by atoms with E-state index in [1.165, 1.54) is 0 Å². The third-order valence-corrected chi connectivity index (χ3v) is 2.89. The van der Waals surface area contributed by atoms with Crippen molar-refractivity contribution in [1.29, 1.82) is 0 Å². The Labute approximate surface area is 115 Å². The van der Waals surface area contributed by atoms with Crippen molar-refractivity contribution >= 4 is 0 Å². The van der Waals surface area contributed by atoms with Crippen LogP contribution in [0.2, 0.25) is 0 Å². The monoisotopic (exact) mass is 268 g/mol. The van der Waals surface area contributed by atoms with Gasteiger partial charge in [0.05, 0.1) is 6.42 Å². The number of hydrogen-bond donors (Lipinski definition) is 2. The van der Waals surface area contributed by atoms with Crippen molar-refractivity contribution in [3.05, 3.63) is 60.0 Å². The van der Waals surface area contributed by atoms with Crippen LogP contribution in [0.15, 0.2) is 53.1 Å². The van der Waals surface area contributed by atoms with Crippen LogP contribution in [-0.4, -0.2) is 20.4 Å². The third kappa shape index (κ3) is 2.61. The molecule has 0 atom stereocenters. The van der Waals surface area contributed by atoms with Crippen LogP contribution >= 0.6 is 0 Å². The molecule has 2 N–H and O–H groups in total. The molecule has 1 aromatic heterocycles. The molecular formula is C15H12N2O3. The molecule has 100 valence electrons. The number of rotatable bonds is 3. The fourth-order valence-corrected chi connectivity index (χ4v) is 1.84. The molecule has 0 radical (unpaired) electrons. The molecule has 0 fully saturated rings. The molecule has 0 bridgehead atoms. The van der Waals surface area contributed by atoms with E-state index in [0.29, 0.717) is 18.1 Å². The Balaban J connectivity index is 1.80. The molecular weight excluding hydrogens is 256 g/mol. The molecule has 3 rings (SSSR count). The van der Waals surface area contributed by atoms with Crippen LogP contribution in [0.3, 0.4) is 0 Å². The second-order valence-electron chi connectivity index (χ2n) is 4.40. The van der Waals surface area contributed by atoms with Gasteiger partial charge in [-0.15, -0.1) is 0 Å². The van der Waals surface area contributed by atoms with E-state index in [9.17, 15) is 10.2 Å². The van der Waals surface area contributed by atoms with E-state index in [-0.39, 0.29) is 11.5 Å². The van der Waals surface area contributed by atoms with Crippen LogP contribution in [0.25, 0.3) is 11.4 Å². The molecule has 3 aromatic rings. The van der Waals surface area contributed by atoms with E-state index >= 15 is 0 Å². The second-order valence-corrected chi connectivity index (χ2v) is 4.40. The minimum Gasteiger partial charge on any atom is -0.508 e. The molecule has 2 aromatic carbocycles. The zero-order valence-electron chi connectivity index (χ0n) is 10.5. The molecule has 0 aliphatic rings. The zero-order chi connectivity index (χ0) is 13.9. The van der Waals surface area contributed by atoms with Crippen molar-refractivity contribution in [3.63, 3.8) is 0 Å². The Morgan fingerprint density at radius 3 is 2.10 bits per heavy atom. The van der Waals surface area contributed by atoms with Gasteiger partial charge in [-0.05, 0) is 42.0 Å². The molecule has 5 nitrogen and oxygen atoms in total. The number of phenolic OH excluding ortho intramolecular Hbond substituents is 2. The van der Waals surface area contributed by atoms with Gasteiger partial charge in [0.1, 0.15) is 11.5 Å². The van der Waals surface area contributed by atoms with Crippen LogP contribution in [-0.2, 0) is 6.42 Å². The summed E-state index contributed by atoms with van der Waals surface area (Å²) in [5.41, 5.74) is 1.76. The molecule has 0 saturated heterocycles. The smallest absolute Gasteiger partial charge is 0.231 e. The van der Waals surface area contributed by atoms with Crippen LogP contribution in [0.5, 0.6) is 11.5 Å². The van der Waals surface area contributed by atoms with Crippen molar-refractivity contribution in [2.75, 3.05) is 0 Å². The van der Waals surface area contributed by atoms with Gasteiger partial charge in [0.15, 0.2) is 0 Å². The Bertz CT molecular complexity index is 703. The van der Waals surface area contributed by atoms with Crippen molar-refractivity contribution in [2.24, 2.45) is 0 Å². The Kier molecular flexibility index (Phi) is 3.09. The van der Waals surface area contributed by atoms with E-state index in [1.54, 1.807) is 48.5 Å². The number of hydrogen-bond acceptors (Lipinski definition) is 5. The highest BCUT2D eigenvalue weighted by Gasteiger charge is 2.09. The summed E-state index contributed by atoms with van der Waals surface area (Å²) in [5.74, 6) is 1.41. The first-order chi connectivity index (χ1) is 9.70. The lowest BCUT2D eigenvalue weighted by Gasteiger charge is -1.96. The summed E-state index contributed by atoms with van der Waals surface area (Å²) in [6, 6.07) is 13.4. The largest absolute Gasteiger partial charge is 0.508 e. The first kappa shape index (κ1) is 12.2. The van der Waals surface area contributed by atoms with Crippen LogP contribution < -0.4 is 0 Å². The maximum Gasteiger partial charge on any atom is 0.231 e. The first-order valence-corrected chi connectivity index (χ1v) is 6.10. The van der Waals surface area contributed by atoms with E-state index in [0.717, 1.165) is 11.1 Å². The maximum absolute atomic E-state index is 9.24. The predicted octanol–water partition coefficient (Wildman–Crippen LogP) is 2.74. The minimum atomic E-state index is 0.196. The summed E-state index contributed by atoms with van der Waals surface area (Å²) in [5, 5.41) is 22.4. The topological polar surface area (TPSA) is 79.4 Å². The number of aromatic hydroxyl groups is 2. The normalized spacial score (nSPS) is 10.6. The van der Waals surface area contributed by atoms with Crippen LogP contribution in [0.4, 0.5) is 0 Å². The molecule has 20 heavy (non-hydrogen) atoms. The van der Waals surface area contributed by atoms with E-state index in [4.69, 9.17) is 4.52 Å². The molecule has 0 unspecified atom stereocenters. The van der Waals surface area contributed by atoms with Gasteiger partial charge in [0, 0.05) is 5.56 Å². The Morgan fingerprint density at radius 1 is 0.850 bits per heavy atom. The van der Waals surface area contributed by atoms with Gasteiger partial charge < -0.3 is 14.7 Å². The first-order valence-electron chi connectivity index (χ1n) is 6.10. The minimum absolute atomic E-state index is 0.196. The molecule has 5 heteroatoms. The number of nitrogens with zero attached hydrogens (tertiary/aromatic N) is 2. The van der Waals surface area contributed by atoms with Gasteiger partial charge in [0.2, 0.25) is 11.7 Å². The van der Waals surface area contributed by atoms with E-state index in [2.05, 4.69) is 10.1 Å². The third-order valence-electron chi connectivity index (χ3n) is 2.89. The summed E-state index contributed by atoms with van der Waals surface area (Å²) in [6.45, 7) is 0. The predicted molar refractivity (Wildman–Crippen MR) is 72.3 cm³/mol. The van der Waals surface area contributed by atoms with Gasteiger partial charge in [-0.2, -0.15) is 4.98 Å². The lowest BCUT2D eigenvalue weighted by atomic mass is 10.1. The van der Waals surface area contributed by atoms with Gasteiger partial charge in [-0.3, -0.25) is 0 Å². The van der Waals surface area contributed by atoms with E-state index < -0.39 is 0 Å². The second kappa shape index (κ2) is 5.05. The molecule has 0 aliphatic heterocycles. The average Bonchev–Trinajstić information content (AvgIpc) is 2.91. The summed E-state index contributed by atoms with van der Waals surface area (Å²) < 4.78 is 5.20. The van der Waals surface area contributed by atoms with Gasteiger partial charge in [-0.25, -0.2) is 0 Å². The number of phenols is 2. The summed E-state index contributed by atoms with van der Waals surface area (Å²) in [6.07, 6.45) is 0.505. The molecule has 0 amide bonds. The zero-order valence-corrected chi connectivity index (χ0v) is 10.5. The average molecular weight is 268 g/mol. The highest BCUT2D eigenvalue weighted by atomic mass is 16.5. The molecule has 0 spiro atoms. The standard InChI is InChI=1S/C15H12N2O3/c18-12-5-1-10(2-6-12)9-14-16-15(17-20-14)11-3-7-13(19)8-4-11/h1-8,18-19H,9H2. The van der Waals surface area contributed by atoms with Crippen molar-refractivity contribution in [3.8, 4) is 22.9 Å². The fourth-order valence-electron chi connectivity index (χ4n) is 1.84. The van der Waals surface area contributed by atoms with Crippen molar-refractivity contribution in [1.82, 2.24) is 10.1 Å².